The van der Waals surface area contributed by atoms with Gasteiger partial charge in [0.1, 0.15) is 0 Å². The van der Waals surface area contributed by atoms with E-state index >= 15 is 0 Å². The Morgan fingerprint density at radius 2 is 2.50 bits per heavy atom. The molecule has 0 aromatic carbocycles. The maximum Gasteiger partial charge on any atom is 0.0495 e. The molecule has 1 aromatic heterocycles. The molecular formula is C12H18BrNOS. The molecule has 1 aliphatic heterocycles. The molecule has 0 saturated carbocycles. The van der Waals surface area contributed by atoms with Gasteiger partial charge in [-0.2, -0.15) is 0 Å². The van der Waals surface area contributed by atoms with E-state index in [0.717, 1.165) is 32.2 Å². The second-order valence-corrected chi connectivity index (χ2v) is 6.51. The van der Waals surface area contributed by atoms with Crippen molar-refractivity contribution in [2.45, 2.75) is 26.3 Å². The van der Waals surface area contributed by atoms with Crippen molar-refractivity contribution in [1.82, 2.24) is 5.32 Å². The molecule has 16 heavy (non-hydrogen) atoms. The van der Waals surface area contributed by atoms with Crippen LogP contribution in [0.1, 0.15) is 22.6 Å². The molecule has 1 unspecified atom stereocenters. The largest absolute Gasteiger partial charge is 0.381 e. The summed E-state index contributed by atoms with van der Waals surface area (Å²) >= 11 is 5.41. The van der Waals surface area contributed by atoms with E-state index in [2.05, 4.69) is 34.2 Å². The van der Waals surface area contributed by atoms with E-state index < -0.39 is 0 Å². The van der Waals surface area contributed by atoms with Crippen LogP contribution in [0.15, 0.2) is 10.5 Å². The van der Waals surface area contributed by atoms with Crippen molar-refractivity contribution in [2.75, 3.05) is 19.8 Å². The molecule has 4 heteroatoms. The van der Waals surface area contributed by atoms with Crippen molar-refractivity contribution in [3.05, 3.63) is 20.3 Å². The third-order valence-corrected chi connectivity index (χ3v) is 5.10. The molecule has 2 heterocycles. The first kappa shape index (κ1) is 12.6. The first-order valence-electron chi connectivity index (χ1n) is 5.79. The van der Waals surface area contributed by atoms with Crippen LogP contribution in [0.4, 0.5) is 0 Å². The zero-order valence-corrected chi connectivity index (χ0v) is 12.0. The van der Waals surface area contributed by atoms with Gasteiger partial charge in [0.15, 0.2) is 0 Å². The van der Waals surface area contributed by atoms with E-state index in [1.54, 1.807) is 0 Å². The van der Waals surface area contributed by atoms with Gasteiger partial charge in [0, 0.05) is 34.0 Å². The van der Waals surface area contributed by atoms with E-state index in [-0.39, 0.29) is 0 Å². The van der Waals surface area contributed by atoms with Gasteiger partial charge in [-0.15, -0.1) is 11.3 Å². The number of thiophene rings is 1. The lowest BCUT2D eigenvalue weighted by Gasteiger charge is -2.07. The number of aryl methyl sites for hydroxylation is 1. The highest BCUT2D eigenvalue weighted by molar-refractivity contribution is 9.10. The van der Waals surface area contributed by atoms with Gasteiger partial charge in [-0.1, -0.05) is 0 Å². The lowest BCUT2D eigenvalue weighted by molar-refractivity contribution is 0.184. The number of hydrogen-bond acceptors (Lipinski definition) is 3. The Morgan fingerprint density at radius 1 is 1.62 bits per heavy atom. The summed E-state index contributed by atoms with van der Waals surface area (Å²) in [6, 6.07) is 2.21. The van der Waals surface area contributed by atoms with E-state index in [0.29, 0.717) is 0 Å². The molecule has 90 valence electrons. The van der Waals surface area contributed by atoms with E-state index in [1.807, 2.05) is 11.3 Å². The molecule has 1 aromatic rings. The van der Waals surface area contributed by atoms with Gasteiger partial charge in [0.25, 0.3) is 0 Å². The van der Waals surface area contributed by atoms with Crippen LogP contribution in [0.25, 0.3) is 0 Å². The number of rotatable bonds is 5. The van der Waals surface area contributed by atoms with Gasteiger partial charge in [-0.05, 0) is 54.2 Å². The molecule has 0 radical (unpaired) electrons. The number of halogens is 1. The summed E-state index contributed by atoms with van der Waals surface area (Å²) in [6.45, 7) is 6.16. The van der Waals surface area contributed by atoms with Crippen LogP contribution >= 0.6 is 27.3 Å². The molecular weight excluding hydrogens is 286 g/mol. The molecule has 1 aliphatic rings. The summed E-state index contributed by atoms with van der Waals surface area (Å²) in [5.41, 5.74) is 0. The molecule has 0 amide bonds. The van der Waals surface area contributed by atoms with Crippen LogP contribution in [0.2, 0.25) is 0 Å². The van der Waals surface area contributed by atoms with Gasteiger partial charge in [-0.3, -0.25) is 0 Å². The second kappa shape index (κ2) is 6.15. The molecule has 0 aliphatic carbocycles. The standard InChI is InChI=1S/C12H18BrNOS/c1-9-12(13)6-11(16-9)7-14-4-2-10-3-5-15-8-10/h6,10,14H,2-5,7-8H2,1H3. The summed E-state index contributed by atoms with van der Waals surface area (Å²) in [5, 5.41) is 3.50. The monoisotopic (exact) mass is 303 g/mol. The summed E-state index contributed by atoms with van der Waals surface area (Å²) in [6.07, 6.45) is 2.48. The highest BCUT2D eigenvalue weighted by atomic mass is 79.9. The molecule has 1 fully saturated rings. The van der Waals surface area contributed by atoms with E-state index in [1.165, 1.54) is 27.1 Å². The van der Waals surface area contributed by atoms with Gasteiger partial charge in [0.05, 0.1) is 0 Å². The highest BCUT2D eigenvalue weighted by Gasteiger charge is 2.14. The third-order valence-electron chi connectivity index (χ3n) is 2.96. The predicted molar refractivity (Wildman–Crippen MR) is 72.0 cm³/mol. The van der Waals surface area contributed by atoms with Crippen LogP contribution in [-0.2, 0) is 11.3 Å². The summed E-state index contributed by atoms with van der Waals surface area (Å²) in [4.78, 5) is 2.77. The van der Waals surface area contributed by atoms with Gasteiger partial charge in [-0.25, -0.2) is 0 Å². The summed E-state index contributed by atoms with van der Waals surface area (Å²) < 4.78 is 6.59. The molecule has 0 bridgehead atoms. The van der Waals surface area contributed by atoms with Gasteiger partial charge in [0.2, 0.25) is 0 Å². The zero-order valence-electron chi connectivity index (χ0n) is 9.59. The molecule has 2 rings (SSSR count). The fourth-order valence-electron chi connectivity index (χ4n) is 1.93. The van der Waals surface area contributed by atoms with Gasteiger partial charge >= 0.3 is 0 Å². The minimum absolute atomic E-state index is 0.782. The van der Waals surface area contributed by atoms with Crippen molar-refractivity contribution in [2.24, 2.45) is 5.92 Å². The average Bonchev–Trinajstić information content (AvgIpc) is 2.85. The Hall–Kier alpha value is 0.100. The van der Waals surface area contributed by atoms with Crippen LogP contribution in [0.5, 0.6) is 0 Å². The Labute approximate surface area is 110 Å². The Morgan fingerprint density at radius 3 is 3.12 bits per heavy atom. The first-order valence-corrected chi connectivity index (χ1v) is 7.40. The Bertz CT molecular complexity index is 314. The van der Waals surface area contributed by atoms with Crippen molar-refractivity contribution < 1.29 is 4.74 Å². The van der Waals surface area contributed by atoms with Crippen molar-refractivity contribution in [3.8, 4) is 0 Å². The molecule has 2 nitrogen and oxygen atoms in total. The molecule has 1 atom stereocenters. The first-order chi connectivity index (χ1) is 7.75. The van der Waals surface area contributed by atoms with Crippen LogP contribution < -0.4 is 5.32 Å². The molecule has 1 N–H and O–H groups in total. The maximum atomic E-state index is 5.36. The fourth-order valence-corrected chi connectivity index (χ4v) is 3.51. The quantitative estimate of drug-likeness (QED) is 0.843. The predicted octanol–water partition coefficient (Wildman–Crippen LogP) is 3.34. The SMILES string of the molecule is Cc1sc(CNCCC2CCOC2)cc1Br. The average molecular weight is 304 g/mol. The smallest absolute Gasteiger partial charge is 0.0495 e. The lowest BCUT2D eigenvalue weighted by atomic mass is 10.1. The minimum atomic E-state index is 0.782. The second-order valence-electron chi connectivity index (χ2n) is 4.31. The Balaban J connectivity index is 1.64. The van der Waals surface area contributed by atoms with E-state index in [4.69, 9.17) is 4.74 Å². The Kier molecular flexibility index (Phi) is 4.82. The normalized spacial score (nSPS) is 20.5. The van der Waals surface area contributed by atoms with Crippen LogP contribution in [0, 0.1) is 12.8 Å². The van der Waals surface area contributed by atoms with E-state index in [9.17, 15) is 0 Å². The summed E-state index contributed by atoms with van der Waals surface area (Å²) in [7, 11) is 0. The zero-order chi connectivity index (χ0) is 11.4. The minimum Gasteiger partial charge on any atom is -0.381 e. The van der Waals surface area contributed by atoms with Crippen LogP contribution in [-0.4, -0.2) is 19.8 Å². The highest BCUT2D eigenvalue weighted by Crippen LogP contribution is 2.26. The maximum absolute atomic E-state index is 5.36. The molecule has 0 spiro atoms. The number of ether oxygens (including phenoxy) is 1. The number of nitrogens with one attached hydrogen (secondary N) is 1. The van der Waals surface area contributed by atoms with Crippen molar-refractivity contribution in [1.29, 1.82) is 0 Å². The van der Waals surface area contributed by atoms with Crippen LogP contribution in [0.3, 0.4) is 0 Å². The number of hydrogen-bond donors (Lipinski definition) is 1. The fraction of sp³-hybridized carbons (Fsp3) is 0.667. The topological polar surface area (TPSA) is 21.3 Å². The lowest BCUT2D eigenvalue weighted by Crippen LogP contribution is -2.17. The molecule has 1 saturated heterocycles. The third kappa shape index (κ3) is 3.55. The van der Waals surface area contributed by atoms with Gasteiger partial charge < -0.3 is 10.1 Å². The van der Waals surface area contributed by atoms with Crippen molar-refractivity contribution >= 4 is 27.3 Å². The summed E-state index contributed by atoms with van der Waals surface area (Å²) in [5.74, 6) is 0.782. The van der Waals surface area contributed by atoms with Crippen molar-refractivity contribution in [3.63, 3.8) is 0 Å².